The number of para-hydroxylation sites is 1. The zero-order valence-electron chi connectivity index (χ0n) is 15.8. The van der Waals surface area contributed by atoms with Gasteiger partial charge in [-0.3, -0.25) is 4.81 Å². The maximum atomic E-state index is 2.53. The van der Waals surface area contributed by atoms with Crippen molar-refractivity contribution < 1.29 is 4.57 Å². The number of hydrogen-bond acceptors (Lipinski definition) is 2. The first kappa shape index (κ1) is 15.5. The van der Waals surface area contributed by atoms with Crippen LogP contribution in [-0.4, -0.2) is 14.0 Å². The Morgan fingerprint density at radius 1 is 0.923 bits per heavy atom. The fourth-order valence-electron chi connectivity index (χ4n) is 4.79. The third kappa shape index (κ3) is 1.87. The molecule has 3 heterocycles. The van der Waals surface area contributed by atoms with Gasteiger partial charge in [0, 0.05) is 17.1 Å². The molecule has 2 aliphatic rings. The molecule has 2 aromatic carbocycles. The van der Waals surface area contributed by atoms with E-state index in [9.17, 15) is 0 Å². The second-order valence-electron chi connectivity index (χ2n) is 7.52. The minimum atomic E-state index is 0.175. The molecule has 1 aromatic heterocycles. The summed E-state index contributed by atoms with van der Waals surface area (Å²) in [5.41, 5.74) is 8.17. The molecule has 0 amide bonds. The van der Waals surface area contributed by atoms with Crippen LogP contribution < -0.4 is 19.7 Å². The molecule has 0 saturated carbocycles. The number of nitrogens with zero attached hydrogens (tertiary/aromatic N) is 3. The zero-order chi connectivity index (χ0) is 18.0. The van der Waals surface area contributed by atoms with Crippen LogP contribution in [0.5, 0.6) is 0 Å². The third-order valence-electron chi connectivity index (χ3n) is 6.06. The van der Waals surface area contributed by atoms with Crippen LogP contribution in [-0.2, 0) is 0 Å². The Balaban J connectivity index is 1.83. The Hall–Kier alpha value is -2.75. The molecule has 0 spiro atoms. The summed E-state index contributed by atoms with van der Waals surface area (Å²) in [6.07, 6.45) is 2.20. The van der Waals surface area contributed by atoms with E-state index in [1.54, 1.807) is 0 Å². The Morgan fingerprint density at radius 3 is 2.42 bits per heavy atom. The lowest BCUT2D eigenvalue weighted by Gasteiger charge is -2.30. The zero-order valence-corrected chi connectivity index (χ0v) is 15.8. The highest BCUT2D eigenvalue weighted by molar-refractivity contribution is 6.83. The molecule has 0 saturated heterocycles. The van der Waals surface area contributed by atoms with E-state index in [2.05, 4.69) is 103 Å². The van der Waals surface area contributed by atoms with E-state index in [4.69, 9.17) is 0 Å². The van der Waals surface area contributed by atoms with Gasteiger partial charge in [0.2, 0.25) is 0 Å². The average molecular weight is 340 g/mol. The number of fused-ring (bicyclic) bond motifs is 2. The first-order valence-corrected chi connectivity index (χ1v) is 9.31. The van der Waals surface area contributed by atoms with Gasteiger partial charge < -0.3 is 4.81 Å². The van der Waals surface area contributed by atoms with E-state index in [0.717, 1.165) is 0 Å². The molecular weight excluding hydrogens is 317 g/mol. The van der Waals surface area contributed by atoms with E-state index in [1.807, 2.05) is 0 Å². The summed E-state index contributed by atoms with van der Waals surface area (Å²) in [5.74, 6) is 1.26. The molecule has 0 radical (unpaired) electrons. The molecule has 3 nitrogen and oxygen atoms in total. The van der Waals surface area contributed by atoms with Crippen LogP contribution in [0.1, 0.15) is 29.7 Å². The largest absolute Gasteiger partial charge is 0.538 e. The standard InChI is InChI=1S/C22H23BN3/c1-15-9-7-10-16(2)21(15)23-24(4)19-12-8-11-18-17(3)25-14-6-5-13-20(25)26(23)22(18)19/h5-14,17H,1-4H3/q+1/t17-/m1/s1. The van der Waals surface area contributed by atoms with E-state index in [0.29, 0.717) is 6.04 Å². The summed E-state index contributed by atoms with van der Waals surface area (Å²) in [5, 5.41) is 0. The topological polar surface area (TPSA) is 10.4 Å². The maximum absolute atomic E-state index is 2.53. The summed E-state index contributed by atoms with van der Waals surface area (Å²) < 4.78 is 2.39. The predicted molar refractivity (Wildman–Crippen MR) is 109 cm³/mol. The second kappa shape index (κ2) is 5.37. The number of anilines is 3. The van der Waals surface area contributed by atoms with Crippen molar-refractivity contribution in [3.63, 3.8) is 0 Å². The number of hydrogen-bond donors (Lipinski definition) is 0. The summed E-state index contributed by atoms with van der Waals surface area (Å²) >= 11 is 0. The number of aryl methyl sites for hydroxylation is 2. The average Bonchev–Trinajstić information content (AvgIpc) is 2.94. The molecule has 3 aromatic rings. The van der Waals surface area contributed by atoms with Gasteiger partial charge in [0.05, 0.1) is 11.9 Å². The van der Waals surface area contributed by atoms with Crippen LogP contribution >= 0.6 is 0 Å². The molecule has 0 fully saturated rings. The molecule has 0 N–H and O–H groups in total. The van der Waals surface area contributed by atoms with E-state index < -0.39 is 0 Å². The Labute approximate surface area is 155 Å². The maximum Gasteiger partial charge on any atom is 0.538 e. The number of benzene rings is 2. The SMILES string of the molecule is Cc1cccc(C)c1B1N(C)c2cccc3c2N1c1cccc[n+]1[C@@H]3C. The fraction of sp³-hybridized carbons (Fsp3) is 0.227. The second-order valence-corrected chi connectivity index (χ2v) is 7.52. The minimum absolute atomic E-state index is 0.175. The van der Waals surface area contributed by atoms with Gasteiger partial charge in [-0.05, 0) is 51.1 Å². The fourth-order valence-corrected chi connectivity index (χ4v) is 4.79. The van der Waals surface area contributed by atoms with E-state index in [1.165, 1.54) is 39.3 Å². The lowest BCUT2D eigenvalue weighted by Crippen LogP contribution is -2.59. The number of pyridine rings is 1. The highest BCUT2D eigenvalue weighted by Crippen LogP contribution is 2.47. The number of rotatable bonds is 1. The quantitative estimate of drug-likeness (QED) is 0.496. The van der Waals surface area contributed by atoms with Crippen molar-refractivity contribution in [2.75, 3.05) is 16.7 Å². The van der Waals surface area contributed by atoms with Crippen LogP contribution in [0.15, 0.2) is 60.8 Å². The van der Waals surface area contributed by atoms with E-state index in [-0.39, 0.29) is 6.98 Å². The van der Waals surface area contributed by atoms with Crippen molar-refractivity contribution in [3.05, 3.63) is 77.5 Å². The predicted octanol–water partition coefficient (Wildman–Crippen LogP) is 3.50. The van der Waals surface area contributed by atoms with Crippen molar-refractivity contribution >= 4 is 29.6 Å². The van der Waals surface area contributed by atoms with Gasteiger partial charge in [-0.1, -0.05) is 36.4 Å². The Morgan fingerprint density at radius 2 is 1.65 bits per heavy atom. The normalized spacial score (nSPS) is 17.4. The van der Waals surface area contributed by atoms with Crippen LogP contribution in [0.2, 0.25) is 0 Å². The van der Waals surface area contributed by atoms with E-state index >= 15 is 0 Å². The van der Waals surface area contributed by atoms with Crippen molar-refractivity contribution in [3.8, 4) is 0 Å². The van der Waals surface area contributed by atoms with Gasteiger partial charge >= 0.3 is 6.98 Å². The molecule has 0 aliphatic carbocycles. The molecule has 128 valence electrons. The Bertz CT molecular complexity index is 1010. The van der Waals surface area contributed by atoms with Crippen molar-refractivity contribution in [1.82, 2.24) is 0 Å². The van der Waals surface area contributed by atoms with Crippen LogP contribution in [0.25, 0.3) is 0 Å². The highest BCUT2D eigenvalue weighted by atomic mass is 15.3. The summed E-state index contributed by atoms with van der Waals surface area (Å²) in [4.78, 5) is 4.96. The van der Waals surface area contributed by atoms with Gasteiger partial charge in [-0.15, -0.1) is 0 Å². The Kier molecular flexibility index (Phi) is 3.20. The van der Waals surface area contributed by atoms with Crippen LogP contribution in [0.4, 0.5) is 17.2 Å². The third-order valence-corrected chi connectivity index (χ3v) is 6.06. The molecule has 0 bridgehead atoms. The first-order valence-electron chi connectivity index (χ1n) is 9.31. The molecule has 5 rings (SSSR count). The van der Waals surface area contributed by atoms with Gasteiger partial charge in [-0.25, -0.2) is 4.57 Å². The van der Waals surface area contributed by atoms with Crippen molar-refractivity contribution in [1.29, 1.82) is 0 Å². The first-order chi connectivity index (χ1) is 12.6. The molecule has 0 unspecified atom stereocenters. The van der Waals surface area contributed by atoms with Crippen LogP contribution in [0.3, 0.4) is 0 Å². The summed E-state index contributed by atoms with van der Waals surface area (Å²) in [6, 6.07) is 20.2. The summed E-state index contributed by atoms with van der Waals surface area (Å²) in [7, 11) is 2.22. The molecule has 1 atom stereocenters. The lowest BCUT2D eigenvalue weighted by atomic mass is 9.61. The van der Waals surface area contributed by atoms with Crippen molar-refractivity contribution in [2.24, 2.45) is 0 Å². The van der Waals surface area contributed by atoms with Gasteiger partial charge in [0.15, 0.2) is 0 Å². The molecular formula is C22H23BN3+. The van der Waals surface area contributed by atoms with Gasteiger partial charge in [-0.2, -0.15) is 0 Å². The lowest BCUT2D eigenvalue weighted by molar-refractivity contribution is -0.699. The van der Waals surface area contributed by atoms with Crippen LogP contribution in [0, 0.1) is 13.8 Å². The molecule has 26 heavy (non-hydrogen) atoms. The highest BCUT2D eigenvalue weighted by Gasteiger charge is 2.53. The number of aromatic nitrogens is 1. The van der Waals surface area contributed by atoms with Crippen molar-refractivity contribution in [2.45, 2.75) is 26.8 Å². The van der Waals surface area contributed by atoms with Gasteiger partial charge in [0.1, 0.15) is 11.7 Å². The smallest absolute Gasteiger partial charge is 0.369 e. The molecule has 2 aliphatic heterocycles. The monoisotopic (exact) mass is 340 g/mol. The molecule has 4 heteroatoms. The van der Waals surface area contributed by atoms with Gasteiger partial charge in [0.25, 0.3) is 5.82 Å². The summed E-state index contributed by atoms with van der Waals surface area (Å²) in [6.45, 7) is 6.92. The minimum Gasteiger partial charge on any atom is -0.369 e.